The first-order valence-corrected chi connectivity index (χ1v) is 12.9. The van der Waals surface area contributed by atoms with Crippen molar-refractivity contribution in [1.29, 1.82) is 0 Å². The zero-order valence-corrected chi connectivity index (χ0v) is 22.7. The van der Waals surface area contributed by atoms with E-state index in [9.17, 15) is 4.79 Å². The molecule has 182 valence electrons. The van der Waals surface area contributed by atoms with Crippen LogP contribution < -0.4 is 10.4 Å². The number of hydrogen-bond acceptors (Lipinski definition) is 2. The Morgan fingerprint density at radius 1 is 0.771 bits per heavy atom. The van der Waals surface area contributed by atoms with Crippen LogP contribution in [0.1, 0.15) is 72.7 Å². The summed E-state index contributed by atoms with van der Waals surface area (Å²) in [5, 5.41) is 2.38. The van der Waals surface area contributed by atoms with Gasteiger partial charge in [0.15, 0.2) is 0 Å². The van der Waals surface area contributed by atoms with Crippen molar-refractivity contribution in [2.75, 3.05) is 6.61 Å². The van der Waals surface area contributed by atoms with Gasteiger partial charge in [0.05, 0.1) is 12.2 Å². The fraction of sp³-hybridized carbons (Fsp3) is 0.424. The minimum absolute atomic E-state index is 0.0149. The summed E-state index contributed by atoms with van der Waals surface area (Å²) >= 11 is 0. The number of hydrogen-bond donors (Lipinski definition) is 0. The second-order valence-electron chi connectivity index (χ2n) is 12.8. The first kappa shape index (κ1) is 23.9. The van der Waals surface area contributed by atoms with Crippen LogP contribution in [-0.4, -0.2) is 12.6 Å². The molecule has 35 heavy (non-hydrogen) atoms. The minimum atomic E-state index is -0.260. The van der Waals surface area contributed by atoms with Gasteiger partial charge in [0, 0.05) is 10.8 Å². The predicted molar refractivity (Wildman–Crippen MR) is 145 cm³/mol. The van der Waals surface area contributed by atoms with Crippen LogP contribution in [0.2, 0.25) is 0 Å². The molecule has 2 atom stereocenters. The van der Waals surface area contributed by atoms with Crippen LogP contribution in [0.5, 0.6) is 0 Å². The van der Waals surface area contributed by atoms with E-state index in [1.807, 2.05) is 13.0 Å². The van der Waals surface area contributed by atoms with Crippen LogP contribution in [0, 0.1) is 21.7 Å². The van der Waals surface area contributed by atoms with E-state index in [1.165, 1.54) is 38.7 Å². The van der Waals surface area contributed by atoms with Gasteiger partial charge in [0.2, 0.25) is 0 Å². The Kier molecular flexibility index (Phi) is 4.99. The highest BCUT2D eigenvalue weighted by atomic mass is 16.5. The second kappa shape index (κ2) is 7.32. The molecule has 0 radical (unpaired) electrons. The summed E-state index contributed by atoms with van der Waals surface area (Å²) in [6.07, 6.45) is 14.3. The second-order valence-corrected chi connectivity index (χ2v) is 12.8. The van der Waals surface area contributed by atoms with Gasteiger partial charge < -0.3 is 4.74 Å². The van der Waals surface area contributed by atoms with Crippen LogP contribution in [-0.2, 0) is 4.74 Å². The lowest BCUT2D eigenvalue weighted by Crippen LogP contribution is -2.54. The minimum Gasteiger partial charge on any atom is -0.462 e. The standard InChI is InChI=1S/C33H38O2/c1-10-35-29(34)20-11-14-25-26(15-20)28-19-24(31(5,6)7)17-22-13-12-21-16-23(30(2,3)4)18-27(25)32(21,8)33(22,28)9/h11-19H,10H2,1-9H3/t32-,33-/m1/s1. The molecule has 0 amide bonds. The lowest BCUT2D eigenvalue weighted by molar-refractivity contribution is 0.0526. The summed E-state index contributed by atoms with van der Waals surface area (Å²) in [6, 6.07) is 6.15. The van der Waals surface area contributed by atoms with E-state index in [0.717, 1.165) is 5.22 Å². The average molecular weight is 467 g/mol. The molecule has 4 aliphatic rings. The van der Waals surface area contributed by atoms with E-state index in [4.69, 9.17) is 4.74 Å². The van der Waals surface area contributed by atoms with Crippen molar-refractivity contribution in [2.24, 2.45) is 21.7 Å². The monoisotopic (exact) mass is 466 g/mol. The van der Waals surface area contributed by atoms with Crippen LogP contribution in [0.3, 0.4) is 0 Å². The van der Waals surface area contributed by atoms with Crippen LogP contribution in [0.15, 0.2) is 76.9 Å². The third-order valence-corrected chi connectivity index (χ3v) is 8.74. The first-order chi connectivity index (χ1) is 16.2. The molecule has 0 saturated carbocycles. The molecule has 4 aliphatic carbocycles. The Morgan fingerprint density at radius 2 is 1.26 bits per heavy atom. The fourth-order valence-electron chi connectivity index (χ4n) is 6.25. The number of carbonyl (C=O) groups is 1. The van der Waals surface area contributed by atoms with Gasteiger partial charge in [-0.2, -0.15) is 0 Å². The fourth-order valence-corrected chi connectivity index (χ4v) is 6.25. The molecule has 0 spiro atoms. The number of allylic oxidation sites excluding steroid dienone is 10. The molecule has 0 heterocycles. The molecular formula is C33H38O2. The normalized spacial score (nSPS) is 26.8. The summed E-state index contributed by atoms with van der Waals surface area (Å²) in [6.45, 7) is 20.7. The van der Waals surface area contributed by atoms with Gasteiger partial charge in [-0.3, -0.25) is 0 Å². The molecule has 1 aromatic carbocycles. The highest BCUT2D eigenvalue weighted by Crippen LogP contribution is 2.66. The number of esters is 1. The maximum absolute atomic E-state index is 12.8. The van der Waals surface area contributed by atoms with Gasteiger partial charge >= 0.3 is 5.97 Å². The maximum atomic E-state index is 12.8. The van der Waals surface area contributed by atoms with Crippen molar-refractivity contribution in [3.05, 3.63) is 92.9 Å². The summed E-state index contributed by atoms with van der Waals surface area (Å²) < 4.78 is 5.38. The molecule has 0 aromatic heterocycles. The van der Waals surface area contributed by atoms with Crippen LogP contribution in [0.25, 0.3) is 11.1 Å². The number of carbonyl (C=O) groups excluding carboxylic acids is 1. The maximum Gasteiger partial charge on any atom is 0.338 e. The van der Waals surface area contributed by atoms with Gasteiger partial charge in [-0.25, -0.2) is 4.79 Å². The van der Waals surface area contributed by atoms with E-state index in [0.29, 0.717) is 12.2 Å². The SMILES string of the molecule is CCOC(=O)c1ccc2c(c1)=C1C=C(C(C)(C)C)C=C3C=CC4=CC(C(C)(C)C)=CC=2[C@]4(C)[C@]31C. The molecule has 5 rings (SSSR count). The van der Waals surface area contributed by atoms with Crippen molar-refractivity contribution in [1.82, 2.24) is 0 Å². The largest absolute Gasteiger partial charge is 0.462 e. The zero-order valence-electron chi connectivity index (χ0n) is 22.7. The Hall–Kier alpha value is -2.87. The molecule has 0 unspecified atom stereocenters. The number of ether oxygens (including phenoxy) is 1. The molecule has 0 fully saturated rings. The highest BCUT2D eigenvalue weighted by Gasteiger charge is 2.57. The number of rotatable bonds is 2. The lowest BCUT2D eigenvalue weighted by atomic mass is 9.45. The third kappa shape index (κ3) is 3.18. The van der Waals surface area contributed by atoms with E-state index in [2.05, 4.69) is 104 Å². The zero-order chi connectivity index (χ0) is 25.6. The molecule has 2 heteroatoms. The summed E-state index contributed by atoms with van der Waals surface area (Å²) in [4.78, 5) is 12.8. The quantitative estimate of drug-likeness (QED) is 0.460. The Morgan fingerprint density at radius 3 is 1.71 bits per heavy atom. The molecule has 0 aliphatic heterocycles. The first-order valence-electron chi connectivity index (χ1n) is 12.9. The van der Waals surface area contributed by atoms with Gasteiger partial charge in [-0.15, -0.1) is 0 Å². The number of fused-ring (bicyclic) bond motifs is 1. The molecular weight excluding hydrogens is 428 g/mol. The van der Waals surface area contributed by atoms with Gasteiger partial charge in [0.25, 0.3) is 0 Å². The van der Waals surface area contributed by atoms with Gasteiger partial charge in [-0.1, -0.05) is 97.9 Å². The molecule has 0 N–H and O–H groups in total. The predicted octanol–water partition coefficient (Wildman–Crippen LogP) is 6.59. The summed E-state index contributed by atoms with van der Waals surface area (Å²) in [5.41, 5.74) is 8.24. The molecule has 0 bridgehead atoms. The summed E-state index contributed by atoms with van der Waals surface area (Å²) in [5.74, 6) is -0.260. The summed E-state index contributed by atoms with van der Waals surface area (Å²) in [7, 11) is 0. The van der Waals surface area contributed by atoms with E-state index < -0.39 is 0 Å². The van der Waals surface area contributed by atoms with Crippen molar-refractivity contribution < 1.29 is 9.53 Å². The topological polar surface area (TPSA) is 26.3 Å². The smallest absolute Gasteiger partial charge is 0.338 e. The molecule has 2 nitrogen and oxygen atoms in total. The Balaban J connectivity index is 1.99. The highest BCUT2D eigenvalue weighted by molar-refractivity contribution is 5.92. The van der Waals surface area contributed by atoms with Crippen molar-refractivity contribution >= 4 is 17.1 Å². The third-order valence-electron chi connectivity index (χ3n) is 8.74. The Labute approximate surface area is 210 Å². The van der Waals surface area contributed by atoms with E-state index >= 15 is 0 Å². The van der Waals surface area contributed by atoms with Crippen molar-refractivity contribution in [3.8, 4) is 0 Å². The Bertz CT molecular complexity index is 1440. The van der Waals surface area contributed by atoms with Crippen LogP contribution >= 0.6 is 0 Å². The molecule has 0 saturated heterocycles. The molecule has 1 aromatic rings. The van der Waals surface area contributed by atoms with Crippen molar-refractivity contribution in [3.63, 3.8) is 0 Å². The van der Waals surface area contributed by atoms with E-state index in [-0.39, 0.29) is 27.6 Å². The number of benzene rings is 1. The lowest BCUT2D eigenvalue weighted by Gasteiger charge is -2.57. The van der Waals surface area contributed by atoms with Gasteiger partial charge in [-0.05, 0) is 73.8 Å². The van der Waals surface area contributed by atoms with Crippen molar-refractivity contribution in [2.45, 2.75) is 62.3 Å². The van der Waals surface area contributed by atoms with Gasteiger partial charge in [0.1, 0.15) is 0 Å². The average Bonchev–Trinajstić information content (AvgIpc) is 2.76. The van der Waals surface area contributed by atoms with Crippen LogP contribution in [0.4, 0.5) is 0 Å². The van der Waals surface area contributed by atoms with E-state index in [1.54, 1.807) is 0 Å².